The zero-order valence-corrected chi connectivity index (χ0v) is 14.0. The van der Waals surface area contributed by atoms with E-state index in [0.29, 0.717) is 19.6 Å². The van der Waals surface area contributed by atoms with Gasteiger partial charge in [-0.25, -0.2) is 0 Å². The fourth-order valence-corrected chi connectivity index (χ4v) is 2.81. The predicted octanol–water partition coefficient (Wildman–Crippen LogP) is 3.31. The Balaban J connectivity index is 0.00000225. The van der Waals surface area contributed by atoms with Gasteiger partial charge in [-0.1, -0.05) is 12.1 Å². The van der Waals surface area contributed by atoms with Crippen molar-refractivity contribution >= 4 is 18.3 Å². The quantitative estimate of drug-likeness (QED) is 0.881. The molecule has 1 saturated heterocycles. The van der Waals surface area contributed by atoms with Crippen LogP contribution in [0.1, 0.15) is 27.5 Å². The summed E-state index contributed by atoms with van der Waals surface area (Å²) in [5.74, 6) is -0.406. The summed E-state index contributed by atoms with van der Waals surface area (Å²) in [7, 11) is 0. The number of hydrogen-bond donors (Lipinski definition) is 1. The van der Waals surface area contributed by atoms with E-state index >= 15 is 0 Å². The van der Waals surface area contributed by atoms with Gasteiger partial charge in [-0.3, -0.25) is 9.78 Å². The molecule has 1 atom stereocenters. The van der Waals surface area contributed by atoms with Crippen LogP contribution in [0, 0.1) is 0 Å². The van der Waals surface area contributed by atoms with E-state index in [0.717, 1.165) is 17.7 Å². The van der Waals surface area contributed by atoms with Gasteiger partial charge in [0.05, 0.1) is 11.6 Å². The lowest BCUT2D eigenvalue weighted by Crippen LogP contribution is -2.48. The number of alkyl halides is 3. The molecule has 0 aliphatic carbocycles. The van der Waals surface area contributed by atoms with Crippen LogP contribution in [-0.2, 0) is 6.18 Å². The van der Waals surface area contributed by atoms with Crippen LogP contribution >= 0.6 is 12.4 Å². The fraction of sp³-hybridized carbons (Fsp3) is 0.294. The van der Waals surface area contributed by atoms with Crippen LogP contribution in [0.3, 0.4) is 0 Å². The SMILES string of the molecule is Cl.O=C(c1cccc(C(F)(F)F)c1)N1CCNCC1c1cccnc1. The van der Waals surface area contributed by atoms with Crippen LogP contribution in [0.2, 0.25) is 0 Å². The monoisotopic (exact) mass is 371 g/mol. The number of nitrogens with one attached hydrogen (secondary N) is 1. The number of carbonyl (C=O) groups is 1. The van der Waals surface area contributed by atoms with Gasteiger partial charge in [0.2, 0.25) is 0 Å². The molecule has 25 heavy (non-hydrogen) atoms. The number of amides is 1. The van der Waals surface area contributed by atoms with E-state index in [-0.39, 0.29) is 24.0 Å². The van der Waals surface area contributed by atoms with E-state index in [2.05, 4.69) is 10.3 Å². The van der Waals surface area contributed by atoms with Crippen LogP contribution in [0.5, 0.6) is 0 Å². The molecule has 1 unspecified atom stereocenters. The summed E-state index contributed by atoms with van der Waals surface area (Å²) >= 11 is 0. The highest BCUT2D eigenvalue weighted by molar-refractivity contribution is 5.94. The average Bonchev–Trinajstić information content (AvgIpc) is 2.61. The first-order valence-corrected chi connectivity index (χ1v) is 7.55. The first kappa shape index (κ1) is 19.2. The fourth-order valence-electron chi connectivity index (χ4n) is 2.81. The molecule has 1 aromatic carbocycles. The molecular formula is C17H17ClF3N3O. The van der Waals surface area contributed by atoms with E-state index in [4.69, 9.17) is 0 Å². The second kappa shape index (κ2) is 7.84. The first-order valence-electron chi connectivity index (χ1n) is 7.55. The second-order valence-electron chi connectivity index (χ2n) is 5.58. The molecule has 1 amide bonds. The van der Waals surface area contributed by atoms with Crippen LogP contribution in [0.4, 0.5) is 13.2 Å². The number of carbonyl (C=O) groups excluding carboxylic acids is 1. The van der Waals surface area contributed by atoms with Crippen molar-refractivity contribution in [3.05, 3.63) is 65.5 Å². The molecule has 0 radical (unpaired) electrons. The number of benzene rings is 1. The second-order valence-corrected chi connectivity index (χ2v) is 5.58. The summed E-state index contributed by atoms with van der Waals surface area (Å²) < 4.78 is 38.6. The summed E-state index contributed by atoms with van der Waals surface area (Å²) in [6.45, 7) is 1.56. The Labute approximate surface area is 149 Å². The molecule has 1 aromatic heterocycles. The highest BCUT2D eigenvalue weighted by Gasteiger charge is 2.33. The van der Waals surface area contributed by atoms with E-state index in [1.807, 2.05) is 6.07 Å². The van der Waals surface area contributed by atoms with Gasteiger partial charge in [-0.2, -0.15) is 13.2 Å². The minimum Gasteiger partial charge on any atom is -0.329 e. The lowest BCUT2D eigenvalue weighted by molar-refractivity contribution is -0.137. The minimum absolute atomic E-state index is 0. The molecule has 0 bridgehead atoms. The Kier molecular flexibility index (Phi) is 6.02. The summed E-state index contributed by atoms with van der Waals surface area (Å²) in [5, 5.41) is 3.20. The Morgan fingerprint density at radius 3 is 2.72 bits per heavy atom. The lowest BCUT2D eigenvalue weighted by atomic mass is 10.0. The molecule has 2 aromatic rings. The molecule has 3 rings (SSSR count). The standard InChI is InChI=1S/C17H16F3N3O.ClH/c18-17(19,20)14-5-1-3-12(9-14)16(24)23-8-7-22-11-15(23)13-4-2-6-21-10-13;/h1-6,9-10,15,22H,7-8,11H2;1H. The molecular weight excluding hydrogens is 355 g/mol. The molecule has 4 nitrogen and oxygen atoms in total. The van der Waals surface area contributed by atoms with Gasteiger partial charge in [0.1, 0.15) is 0 Å². The third-order valence-corrected chi connectivity index (χ3v) is 4.01. The number of hydrogen-bond acceptors (Lipinski definition) is 3. The summed E-state index contributed by atoms with van der Waals surface area (Å²) in [4.78, 5) is 18.4. The van der Waals surface area contributed by atoms with Crippen LogP contribution < -0.4 is 5.32 Å². The molecule has 1 fully saturated rings. The molecule has 0 spiro atoms. The molecule has 1 aliphatic rings. The zero-order chi connectivity index (χ0) is 17.2. The highest BCUT2D eigenvalue weighted by atomic mass is 35.5. The maximum absolute atomic E-state index is 12.9. The topological polar surface area (TPSA) is 45.2 Å². The number of nitrogens with zero attached hydrogens (tertiary/aromatic N) is 2. The molecule has 8 heteroatoms. The lowest BCUT2D eigenvalue weighted by Gasteiger charge is -2.36. The Hall–Kier alpha value is -2.12. The van der Waals surface area contributed by atoms with Gasteiger partial charge in [0.15, 0.2) is 0 Å². The van der Waals surface area contributed by atoms with Crippen LogP contribution in [-0.4, -0.2) is 35.4 Å². The Morgan fingerprint density at radius 1 is 1.24 bits per heavy atom. The normalized spacial score (nSPS) is 17.7. The van der Waals surface area contributed by atoms with Crippen LogP contribution in [0.15, 0.2) is 48.8 Å². The van der Waals surface area contributed by atoms with E-state index in [9.17, 15) is 18.0 Å². The third kappa shape index (κ3) is 4.29. The molecule has 2 heterocycles. The van der Waals surface area contributed by atoms with Crippen molar-refractivity contribution in [2.24, 2.45) is 0 Å². The van der Waals surface area contributed by atoms with Gasteiger partial charge in [-0.05, 0) is 29.8 Å². The molecule has 1 N–H and O–H groups in total. The van der Waals surface area contributed by atoms with Gasteiger partial charge in [0.25, 0.3) is 5.91 Å². The molecule has 1 aliphatic heterocycles. The first-order chi connectivity index (χ1) is 11.5. The minimum atomic E-state index is -4.47. The predicted molar refractivity (Wildman–Crippen MR) is 89.6 cm³/mol. The van der Waals surface area contributed by atoms with Crippen LogP contribution in [0.25, 0.3) is 0 Å². The van der Waals surface area contributed by atoms with Crippen molar-refractivity contribution < 1.29 is 18.0 Å². The Bertz CT molecular complexity index is 725. The van der Waals surface area contributed by atoms with Gasteiger partial charge < -0.3 is 10.2 Å². The number of halogens is 4. The van der Waals surface area contributed by atoms with Gasteiger partial charge in [0, 0.05) is 37.6 Å². The van der Waals surface area contributed by atoms with Gasteiger partial charge >= 0.3 is 6.18 Å². The number of aromatic nitrogens is 1. The number of piperazine rings is 1. The summed E-state index contributed by atoms with van der Waals surface area (Å²) in [6, 6.07) is 7.93. The van der Waals surface area contributed by atoms with Crippen molar-refractivity contribution in [2.75, 3.05) is 19.6 Å². The summed E-state index contributed by atoms with van der Waals surface area (Å²) in [6.07, 6.45) is -1.16. The van der Waals surface area contributed by atoms with E-state index in [1.54, 1.807) is 23.4 Å². The summed E-state index contributed by atoms with van der Waals surface area (Å²) in [5.41, 5.74) is 0.0760. The van der Waals surface area contributed by atoms with Crippen molar-refractivity contribution in [2.45, 2.75) is 12.2 Å². The maximum Gasteiger partial charge on any atom is 0.416 e. The number of rotatable bonds is 2. The van der Waals surface area contributed by atoms with E-state index in [1.165, 1.54) is 12.1 Å². The number of pyridine rings is 1. The molecule has 0 saturated carbocycles. The van der Waals surface area contributed by atoms with E-state index < -0.39 is 17.6 Å². The average molecular weight is 372 g/mol. The van der Waals surface area contributed by atoms with Crippen molar-refractivity contribution in [3.63, 3.8) is 0 Å². The third-order valence-electron chi connectivity index (χ3n) is 4.01. The zero-order valence-electron chi connectivity index (χ0n) is 13.2. The molecule has 134 valence electrons. The Morgan fingerprint density at radius 2 is 2.04 bits per heavy atom. The maximum atomic E-state index is 12.9. The smallest absolute Gasteiger partial charge is 0.329 e. The van der Waals surface area contributed by atoms with Crippen molar-refractivity contribution in [1.82, 2.24) is 15.2 Å². The van der Waals surface area contributed by atoms with Crippen molar-refractivity contribution in [3.8, 4) is 0 Å². The van der Waals surface area contributed by atoms with Crippen molar-refractivity contribution in [1.29, 1.82) is 0 Å². The van der Waals surface area contributed by atoms with Gasteiger partial charge in [-0.15, -0.1) is 12.4 Å². The highest BCUT2D eigenvalue weighted by Crippen LogP contribution is 2.30. The largest absolute Gasteiger partial charge is 0.416 e.